The van der Waals surface area contributed by atoms with E-state index in [0.717, 1.165) is 16.1 Å². The molecular weight excluding hydrogens is 350 g/mol. The number of ether oxygens (including phenoxy) is 3. The van der Waals surface area contributed by atoms with Crippen molar-refractivity contribution >= 4 is 17.3 Å². The minimum absolute atomic E-state index is 0.149. The summed E-state index contributed by atoms with van der Waals surface area (Å²) in [4.78, 5) is 16.6. The third-order valence-corrected chi connectivity index (χ3v) is 4.69. The molecule has 0 N–H and O–H groups in total. The van der Waals surface area contributed by atoms with Crippen LogP contribution in [0.5, 0.6) is 11.5 Å². The number of thiazole rings is 1. The summed E-state index contributed by atoms with van der Waals surface area (Å²) in [5.41, 5.74) is 2.59. The molecule has 0 bridgehead atoms. The smallest absolute Gasteiger partial charge is 0.312 e. The zero-order chi connectivity index (χ0) is 18.4. The van der Waals surface area contributed by atoms with Crippen LogP contribution in [0.25, 0.3) is 10.6 Å². The van der Waals surface area contributed by atoms with E-state index >= 15 is 0 Å². The zero-order valence-corrected chi connectivity index (χ0v) is 15.4. The molecule has 0 spiro atoms. The van der Waals surface area contributed by atoms with Crippen LogP contribution in [0.1, 0.15) is 11.3 Å². The summed E-state index contributed by atoms with van der Waals surface area (Å²) in [6.07, 6.45) is 0.149. The molecule has 6 heteroatoms. The number of hydrogen-bond acceptors (Lipinski definition) is 6. The fraction of sp³-hybridized carbons (Fsp3) is 0.200. The second-order valence-corrected chi connectivity index (χ2v) is 6.39. The minimum atomic E-state index is -0.315. The van der Waals surface area contributed by atoms with Crippen molar-refractivity contribution in [1.29, 1.82) is 0 Å². The number of aromatic nitrogens is 1. The van der Waals surface area contributed by atoms with Gasteiger partial charge in [0.1, 0.15) is 11.6 Å². The van der Waals surface area contributed by atoms with Crippen molar-refractivity contribution in [2.45, 2.75) is 13.0 Å². The second-order valence-electron chi connectivity index (χ2n) is 5.54. The van der Waals surface area contributed by atoms with Gasteiger partial charge in [-0.15, -0.1) is 11.3 Å². The Balaban J connectivity index is 1.57. The van der Waals surface area contributed by atoms with E-state index in [0.29, 0.717) is 17.2 Å². The maximum absolute atomic E-state index is 12.1. The van der Waals surface area contributed by atoms with E-state index < -0.39 is 0 Å². The van der Waals surface area contributed by atoms with E-state index in [1.807, 2.05) is 41.8 Å². The molecule has 0 unspecified atom stereocenters. The number of hydrogen-bond donors (Lipinski definition) is 0. The van der Waals surface area contributed by atoms with Crippen LogP contribution in [0.4, 0.5) is 0 Å². The lowest BCUT2D eigenvalue weighted by Gasteiger charge is -2.10. The van der Waals surface area contributed by atoms with Crippen molar-refractivity contribution in [1.82, 2.24) is 4.98 Å². The van der Waals surface area contributed by atoms with E-state index in [-0.39, 0.29) is 19.0 Å². The van der Waals surface area contributed by atoms with Crippen LogP contribution in [-0.4, -0.2) is 25.2 Å². The number of esters is 1. The van der Waals surface area contributed by atoms with Gasteiger partial charge >= 0.3 is 5.97 Å². The number of carbonyl (C=O) groups excluding carboxylic acids is 1. The van der Waals surface area contributed by atoms with Gasteiger partial charge in [0.2, 0.25) is 0 Å². The monoisotopic (exact) mass is 369 g/mol. The summed E-state index contributed by atoms with van der Waals surface area (Å²) < 4.78 is 15.8. The topological polar surface area (TPSA) is 57.7 Å². The molecule has 0 aliphatic heterocycles. The lowest BCUT2D eigenvalue weighted by molar-refractivity contribution is -0.144. The molecular formula is C20H19NO4S. The first-order valence-corrected chi connectivity index (χ1v) is 8.94. The summed E-state index contributed by atoms with van der Waals surface area (Å²) >= 11 is 1.52. The largest absolute Gasteiger partial charge is 0.493 e. The third kappa shape index (κ3) is 4.40. The van der Waals surface area contributed by atoms with Gasteiger partial charge in [-0.2, -0.15) is 0 Å². The molecule has 0 atom stereocenters. The molecule has 0 aliphatic carbocycles. The molecule has 3 rings (SSSR count). The molecule has 3 aromatic rings. The third-order valence-electron chi connectivity index (χ3n) is 3.75. The summed E-state index contributed by atoms with van der Waals surface area (Å²) in [6.45, 7) is 0.175. The molecule has 0 fully saturated rings. The highest BCUT2D eigenvalue weighted by Crippen LogP contribution is 2.28. The second kappa shape index (κ2) is 8.49. The Labute approximate surface area is 156 Å². The van der Waals surface area contributed by atoms with E-state index in [1.165, 1.54) is 11.3 Å². The predicted molar refractivity (Wildman–Crippen MR) is 101 cm³/mol. The minimum Gasteiger partial charge on any atom is -0.493 e. The average molecular weight is 369 g/mol. The van der Waals surface area contributed by atoms with Crippen molar-refractivity contribution in [2.75, 3.05) is 14.2 Å². The van der Waals surface area contributed by atoms with Gasteiger partial charge in [-0.05, 0) is 17.7 Å². The average Bonchev–Trinajstić information content (AvgIpc) is 3.15. The maximum Gasteiger partial charge on any atom is 0.312 e. The fourth-order valence-corrected chi connectivity index (χ4v) is 3.26. The molecule has 0 saturated heterocycles. The van der Waals surface area contributed by atoms with Crippen LogP contribution >= 0.6 is 11.3 Å². The van der Waals surface area contributed by atoms with Crippen LogP contribution in [0.15, 0.2) is 53.9 Å². The molecule has 0 amide bonds. The van der Waals surface area contributed by atoms with Crippen molar-refractivity contribution in [3.8, 4) is 22.1 Å². The summed E-state index contributed by atoms with van der Waals surface area (Å²) in [5, 5.41) is 2.79. The van der Waals surface area contributed by atoms with E-state index in [9.17, 15) is 4.79 Å². The number of rotatable bonds is 7. The first-order valence-electron chi connectivity index (χ1n) is 8.06. The Kier molecular flexibility index (Phi) is 5.86. The highest BCUT2D eigenvalue weighted by atomic mass is 32.1. The number of methoxy groups -OCH3 is 2. The van der Waals surface area contributed by atoms with E-state index in [1.54, 1.807) is 26.4 Å². The quantitative estimate of drug-likeness (QED) is 0.587. The molecule has 0 saturated carbocycles. The van der Waals surface area contributed by atoms with Crippen molar-refractivity contribution < 1.29 is 19.0 Å². The van der Waals surface area contributed by atoms with Crippen LogP contribution in [0, 0.1) is 0 Å². The highest BCUT2D eigenvalue weighted by molar-refractivity contribution is 7.13. The van der Waals surface area contributed by atoms with Gasteiger partial charge in [-0.25, -0.2) is 4.98 Å². The van der Waals surface area contributed by atoms with Crippen LogP contribution in [-0.2, 0) is 22.6 Å². The number of benzene rings is 2. The summed E-state index contributed by atoms with van der Waals surface area (Å²) in [6, 6.07) is 15.3. The van der Waals surface area contributed by atoms with Crippen LogP contribution in [0.2, 0.25) is 0 Å². The number of carbonyl (C=O) groups is 1. The van der Waals surface area contributed by atoms with Gasteiger partial charge in [0.05, 0.1) is 26.3 Å². The highest BCUT2D eigenvalue weighted by Gasteiger charge is 2.11. The van der Waals surface area contributed by atoms with Crippen molar-refractivity contribution in [2.24, 2.45) is 0 Å². The first-order chi connectivity index (χ1) is 12.7. The summed E-state index contributed by atoms with van der Waals surface area (Å²) in [5.74, 6) is 0.927. The molecule has 2 aromatic carbocycles. The molecule has 0 radical (unpaired) electrons. The Morgan fingerprint density at radius 2 is 1.81 bits per heavy atom. The normalized spacial score (nSPS) is 10.4. The Morgan fingerprint density at radius 3 is 2.54 bits per heavy atom. The Hall–Kier alpha value is -2.86. The van der Waals surface area contributed by atoms with E-state index in [2.05, 4.69) is 4.98 Å². The molecule has 5 nitrogen and oxygen atoms in total. The molecule has 26 heavy (non-hydrogen) atoms. The fourth-order valence-electron chi connectivity index (χ4n) is 2.43. The van der Waals surface area contributed by atoms with Crippen LogP contribution in [0.3, 0.4) is 0 Å². The lowest BCUT2D eigenvalue weighted by atomic mass is 10.2. The van der Waals surface area contributed by atoms with Gasteiger partial charge in [-0.3, -0.25) is 4.79 Å². The lowest BCUT2D eigenvalue weighted by Crippen LogP contribution is -2.08. The molecule has 1 heterocycles. The maximum atomic E-state index is 12.1. The predicted octanol–water partition coefficient (Wildman–Crippen LogP) is 4.11. The van der Waals surface area contributed by atoms with Gasteiger partial charge in [-0.1, -0.05) is 36.4 Å². The Bertz CT molecular complexity index is 877. The standard InChI is InChI=1S/C20H19NO4S/c1-23-17-9-8-14(10-18(17)24-2)12-25-19(22)11-16-13-26-20(21-16)15-6-4-3-5-7-15/h3-10,13H,11-12H2,1-2H3. The summed E-state index contributed by atoms with van der Waals surface area (Å²) in [7, 11) is 3.15. The van der Waals surface area contributed by atoms with Crippen molar-refractivity contribution in [3.63, 3.8) is 0 Å². The van der Waals surface area contributed by atoms with Crippen LogP contribution < -0.4 is 9.47 Å². The molecule has 134 valence electrons. The van der Waals surface area contributed by atoms with Gasteiger partial charge in [0.15, 0.2) is 11.5 Å². The molecule has 1 aromatic heterocycles. The SMILES string of the molecule is COc1ccc(COC(=O)Cc2csc(-c3ccccc3)n2)cc1OC. The van der Waals surface area contributed by atoms with Gasteiger partial charge in [0.25, 0.3) is 0 Å². The molecule has 0 aliphatic rings. The first kappa shape index (κ1) is 17.9. The number of nitrogens with zero attached hydrogens (tertiary/aromatic N) is 1. The van der Waals surface area contributed by atoms with Gasteiger partial charge in [0, 0.05) is 10.9 Å². The Morgan fingerprint density at radius 1 is 1.04 bits per heavy atom. The van der Waals surface area contributed by atoms with E-state index in [4.69, 9.17) is 14.2 Å². The van der Waals surface area contributed by atoms with Gasteiger partial charge < -0.3 is 14.2 Å². The van der Waals surface area contributed by atoms with Crippen molar-refractivity contribution in [3.05, 3.63) is 65.2 Å². The zero-order valence-electron chi connectivity index (χ0n) is 14.6.